The summed E-state index contributed by atoms with van der Waals surface area (Å²) in [5.41, 5.74) is 1.87. The number of carbonyl (C=O) groups excluding carboxylic acids is 1. The second-order valence-corrected chi connectivity index (χ2v) is 4.49. The van der Waals surface area contributed by atoms with Gasteiger partial charge in [-0.1, -0.05) is 13.0 Å². The fourth-order valence-electron chi connectivity index (χ4n) is 2.01. The third kappa shape index (κ3) is 2.99. The maximum absolute atomic E-state index is 12.3. The van der Waals surface area contributed by atoms with Gasteiger partial charge in [-0.2, -0.15) is 0 Å². The molecule has 20 heavy (non-hydrogen) atoms. The summed E-state index contributed by atoms with van der Waals surface area (Å²) in [7, 11) is 0. The predicted octanol–water partition coefficient (Wildman–Crippen LogP) is 3.58. The van der Waals surface area contributed by atoms with E-state index < -0.39 is 0 Å². The van der Waals surface area contributed by atoms with Gasteiger partial charge >= 0.3 is 0 Å². The van der Waals surface area contributed by atoms with Crippen LogP contribution in [0.3, 0.4) is 0 Å². The Labute approximate surface area is 118 Å². The van der Waals surface area contributed by atoms with Crippen LogP contribution >= 0.6 is 0 Å². The summed E-state index contributed by atoms with van der Waals surface area (Å²) in [5, 5.41) is 9.95. The molecule has 0 unspecified atom stereocenters. The van der Waals surface area contributed by atoms with E-state index in [1.807, 2.05) is 19.9 Å². The van der Waals surface area contributed by atoms with Crippen LogP contribution in [0.25, 0.3) is 0 Å². The van der Waals surface area contributed by atoms with Crippen LogP contribution in [0.15, 0.2) is 42.5 Å². The summed E-state index contributed by atoms with van der Waals surface area (Å²) in [4.78, 5) is 12.3. The van der Waals surface area contributed by atoms with Gasteiger partial charge in [-0.25, -0.2) is 0 Å². The van der Waals surface area contributed by atoms with Gasteiger partial charge in [0.15, 0.2) is 5.78 Å². The molecule has 2 rings (SSSR count). The van der Waals surface area contributed by atoms with Crippen molar-refractivity contribution in [2.75, 3.05) is 6.61 Å². The quantitative estimate of drug-likeness (QED) is 0.845. The van der Waals surface area contributed by atoms with Crippen molar-refractivity contribution < 1.29 is 14.6 Å². The van der Waals surface area contributed by atoms with Crippen molar-refractivity contribution in [1.82, 2.24) is 0 Å². The Morgan fingerprint density at radius 2 is 1.80 bits per heavy atom. The minimum Gasteiger partial charge on any atom is -0.507 e. The summed E-state index contributed by atoms with van der Waals surface area (Å²) in [6.45, 7) is 4.50. The Balaban J connectivity index is 2.26. The molecule has 0 spiro atoms. The minimum atomic E-state index is -0.187. The van der Waals surface area contributed by atoms with Crippen molar-refractivity contribution in [1.29, 1.82) is 0 Å². The molecule has 0 aliphatic carbocycles. The van der Waals surface area contributed by atoms with Gasteiger partial charge in [0.2, 0.25) is 0 Å². The topological polar surface area (TPSA) is 46.5 Å². The molecule has 0 fully saturated rings. The van der Waals surface area contributed by atoms with Crippen LogP contribution in [-0.2, 0) is 6.42 Å². The SMILES string of the molecule is CCOc1ccc(C(=O)c2ccc(CC)cc2O)cc1. The van der Waals surface area contributed by atoms with E-state index in [0.717, 1.165) is 17.7 Å². The first-order valence-electron chi connectivity index (χ1n) is 6.75. The first-order chi connectivity index (χ1) is 9.65. The molecular weight excluding hydrogens is 252 g/mol. The van der Waals surface area contributed by atoms with Gasteiger partial charge < -0.3 is 9.84 Å². The number of ether oxygens (including phenoxy) is 1. The zero-order valence-electron chi connectivity index (χ0n) is 11.7. The molecule has 3 heteroatoms. The minimum absolute atomic E-state index is 0.0308. The molecule has 0 aliphatic rings. The van der Waals surface area contributed by atoms with Crippen LogP contribution in [-0.4, -0.2) is 17.5 Å². The molecule has 0 heterocycles. The van der Waals surface area contributed by atoms with Crippen molar-refractivity contribution in [2.24, 2.45) is 0 Å². The summed E-state index contributed by atoms with van der Waals surface area (Å²) in [6.07, 6.45) is 0.824. The smallest absolute Gasteiger partial charge is 0.196 e. The van der Waals surface area contributed by atoms with Crippen molar-refractivity contribution in [3.63, 3.8) is 0 Å². The number of aryl methyl sites for hydroxylation is 1. The summed E-state index contributed by atoms with van der Waals surface area (Å²) in [5.74, 6) is 0.575. The number of hydrogen-bond donors (Lipinski definition) is 1. The number of ketones is 1. The van der Waals surface area contributed by atoms with Crippen LogP contribution in [0.1, 0.15) is 35.3 Å². The van der Waals surface area contributed by atoms with E-state index in [-0.39, 0.29) is 11.5 Å². The fraction of sp³-hybridized carbons (Fsp3) is 0.235. The maximum atomic E-state index is 12.3. The molecule has 0 aliphatic heterocycles. The van der Waals surface area contributed by atoms with Crippen molar-refractivity contribution in [3.8, 4) is 11.5 Å². The highest BCUT2D eigenvalue weighted by Crippen LogP contribution is 2.23. The lowest BCUT2D eigenvalue weighted by atomic mass is 10.0. The number of benzene rings is 2. The van der Waals surface area contributed by atoms with Crippen LogP contribution in [0.5, 0.6) is 11.5 Å². The Morgan fingerprint density at radius 3 is 2.35 bits per heavy atom. The number of phenolic OH excluding ortho intramolecular Hbond substituents is 1. The van der Waals surface area contributed by atoms with Gasteiger partial charge in [-0.3, -0.25) is 4.79 Å². The third-order valence-corrected chi connectivity index (χ3v) is 3.14. The molecule has 1 N–H and O–H groups in total. The molecule has 0 amide bonds. The largest absolute Gasteiger partial charge is 0.507 e. The number of carbonyl (C=O) groups is 1. The zero-order valence-corrected chi connectivity index (χ0v) is 11.7. The van der Waals surface area contributed by atoms with E-state index in [0.29, 0.717) is 17.7 Å². The van der Waals surface area contributed by atoms with Gasteiger partial charge in [-0.15, -0.1) is 0 Å². The van der Waals surface area contributed by atoms with Crippen molar-refractivity contribution in [2.45, 2.75) is 20.3 Å². The second-order valence-electron chi connectivity index (χ2n) is 4.49. The number of phenols is 1. The summed E-state index contributed by atoms with van der Waals surface area (Å²) < 4.78 is 5.34. The highest BCUT2D eigenvalue weighted by atomic mass is 16.5. The van der Waals surface area contributed by atoms with Gasteiger partial charge in [0.1, 0.15) is 11.5 Å². The average molecular weight is 270 g/mol. The van der Waals surface area contributed by atoms with E-state index in [1.165, 1.54) is 0 Å². The Kier molecular flexibility index (Phi) is 4.41. The van der Waals surface area contributed by atoms with E-state index in [1.54, 1.807) is 36.4 Å². The van der Waals surface area contributed by atoms with Crippen molar-refractivity contribution in [3.05, 3.63) is 59.2 Å². The third-order valence-electron chi connectivity index (χ3n) is 3.14. The molecule has 104 valence electrons. The highest BCUT2D eigenvalue weighted by Gasteiger charge is 2.13. The molecule has 2 aromatic carbocycles. The molecule has 2 aromatic rings. The molecule has 0 radical (unpaired) electrons. The molecular formula is C17H18O3. The fourth-order valence-corrected chi connectivity index (χ4v) is 2.01. The first-order valence-corrected chi connectivity index (χ1v) is 6.75. The van der Waals surface area contributed by atoms with Crippen LogP contribution in [0.4, 0.5) is 0 Å². The van der Waals surface area contributed by atoms with E-state index in [4.69, 9.17) is 4.74 Å². The standard InChI is InChI=1S/C17H18O3/c1-3-12-5-10-15(16(18)11-12)17(19)13-6-8-14(9-7-13)20-4-2/h5-11,18H,3-4H2,1-2H3. The van der Waals surface area contributed by atoms with Crippen LogP contribution in [0, 0.1) is 0 Å². The van der Waals surface area contributed by atoms with E-state index in [2.05, 4.69) is 0 Å². The highest BCUT2D eigenvalue weighted by molar-refractivity contribution is 6.10. The monoisotopic (exact) mass is 270 g/mol. The molecule has 0 atom stereocenters. The Hall–Kier alpha value is -2.29. The molecule has 0 aromatic heterocycles. The van der Waals surface area contributed by atoms with Crippen LogP contribution in [0.2, 0.25) is 0 Å². The number of aromatic hydroxyl groups is 1. The number of hydrogen-bond acceptors (Lipinski definition) is 3. The number of rotatable bonds is 5. The zero-order chi connectivity index (χ0) is 14.5. The van der Waals surface area contributed by atoms with E-state index >= 15 is 0 Å². The molecule has 0 saturated carbocycles. The lowest BCUT2D eigenvalue weighted by molar-refractivity contribution is 0.103. The lowest BCUT2D eigenvalue weighted by Gasteiger charge is -2.07. The normalized spacial score (nSPS) is 10.3. The second kappa shape index (κ2) is 6.24. The molecule has 0 bridgehead atoms. The van der Waals surface area contributed by atoms with Gasteiger partial charge in [0.25, 0.3) is 0 Å². The Morgan fingerprint density at radius 1 is 1.10 bits per heavy atom. The van der Waals surface area contributed by atoms with Crippen molar-refractivity contribution >= 4 is 5.78 Å². The summed E-state index contributed by atoms with van der Waals surface area (Å²) >= 11 is 0. The van der Waals surface area contributed by atoms with E-state index in [9.17, 15) is 9.90 Å². The van der Waals surface area contributed by atoms with Gasteiger partial charge in [-0.05, 0) is 55.3 Å². The van der Waals surface area contributed by atoms with Gasteiger partial charge in [0.05, 0.1) is 12.2 Å². The molecule has 3 nitrogen and oxygen atoms in total. The van der Waals surface area contributed by atoms with Gasteiger partial charge in [0, 0.05) is 5.56 Å². The maximum Gasteiger partial charge on any atom is 0.196 e. The Bertz CT molecular complexity index is 600. The molecule has 0 saturated heterocycles. The average Bonchev–Trinajstić information content (AvgIpc) is 2.47. The lowest BCUT2D eigenvalue weighted by Crippen LogP contribution is -2.02. The van der Waals surface area contributed by atoms with Crippen LogP contribution < -0.4 is 4.74 Å². The predicted molar refractivity (Wildman–Crippen MR) is 78.5 cm³/mol. The summed E-state index contributed by atoms with van der Waals surface area (Å²) in [6, 6.07) is 12.1. The first kappa shape index (κ1) is 14.1.